The largest absolute Gasteiger partial charge is 0.496 e. The predicted molar refractivity (Wildman–Crippen MR) is 168 cm³/mol. The summed E-state index contributed by atoms with van der Waals surface area (Å²) in [6, 6.07) is 24.4. The van der Waals surface area contributed by atoms with E-state index in [-0.39, 0.29) is 37.0 Å². The van der Waals surface area contributed by atoms with Gasteiger partial charge in [0.25, 0.3) is 0 Å². The summed E-state index contributed by atoms with van der Waals surface area (Å²) in [6.45, 7) is 3.64. The molecule has 0 spiro atoms. The number of aliphatic hydroxyl groups excluding tert-OH is 1. The lowest BCUT2D eigenvalue weighted by Crippen LogP contribution is -2.55. The van der Waals surface area contributed by atoms with Gasteiger partial charge in [0.1, 0.15) is 11.8 Å². The number of carbonyl (C=O) groups excluding carboxylic acids is 3. The number of carboxylic acid groups (broad SMARTS) is 1. The number of nitrogens with two attached hydrogens (primary N) is 1. The number of ether oxygens (including phenoxy) is 1. The number of nitrogens with one attached hydrogen (secondary N) is 2. The van der Waals surface area contributed by atoms with Crippen molar-refractivity contribution in [2.24, 2.45) is 11.7 Å². The number of rotatable bonds is 15. The number of amides is 3. The van der Waals surface area contributed by atoms with Crippen molar-refractivity contribution in [1.82, 2.24) is 10.6 Å². The Labute approximate surface area is 258 Å². The van der Waals surface area contributed by atoms with Crippen LogP contribution in [0.5, 0.6) is 5.75 Å². The normalized spacial score (nSPS) is 12.6. The van der Waals surface area contributed by atoms with Crippen LogP contribution in [-0.2, 0) is 38.4 Å². The molecule has 236 valence electrons. The number of para-hydroxylation sites is 1. The molecule has 0 bridgehead atoms. The zero-order chi connectivity index (χ0) is 32.5. The first-order valence-electron chi connectivity index (χ1n) is 14.5. The summed E-state index contributed by atoms with van der Waals surface area (Å²) >= 11 is 0. The van der Waals surface area contributed by atoms with Gasteiger partial charge in [0.15, 0.2) is 0 Å². The number of aliphatic carboxylic acids is 1. The number of methoxy groups -OCH3 is 1. The van der Waals surface area contributed by atoms with Crippen molar-refractivity contribution in [3.63, 3.8) is 0 Å². The average Bonchev–Trinajstić information content (AvgIpc) is 2.99. The van der Waals surface area contributed by atoms with Gasteiger partial charge < -0.3 is 31.3 Å². The molecule has 0 aromatic heterocycles. The van der Waals surface area contributed by atoms with Crippen molar-refractivity contribution in [3.8, 4) is 5.75 Å². The minimum Gasteiger partial charge on any atom is -0.496 e. The van der Waals surface area contributed by atoms with Crippen LogP contribution < -0.4 is 21.1 Å². The Bertz CT molecular complexity index is 1330. The average molecular weight is 606 g/mol. The number of carboxylic acids is 1. The lowest BCUT2D eigenvalue weighted by Gasteiger charge is -2.28. The molecule has 0 radical (unpaired) electrons. The Hall–Kier alpha value is -4.70. The Morgan fingerprint density at radius 2 is 1.39 bits per heavy atom. The fourth-order valence-electron chi connectivity index (χ4n) is 4.47. The van der Waals surface area contributed by atoms with E-state index in [9.17, 15) is 24.3 Å². The van der Waals surface area contributed by atoms with Crippen LogP contribution in [0.25, 0.3) is 0 Å². The summed E-state index contributed by atoms with van der Waals surface area (Å²) in [4.78, 5) is 47.2. The van der Waals surface area contributed by atoms with Gasteiger partial charge in [-0.3, -0.25) is 19.2 Å². The Kier molecular flexibility index (Phi) is 15.1. The van der Waals surface area contributed by atoms with E-state index in [1.165, 1.54) is 7.11 Å². The molecule has 0 heterocycles. The maximum absolute atomic E-state index is 13.2. The van der Waals surface area contributed by atoms with Gasteiger partial charge in [0, 0.05) is 12.0 Å². The molecule has 3 aromatic rings. The summed E-state index contributed by atoms with van der Waals surface area (Å²) in [7, 11) is 1.53. The fraction of sp³-hybridized carbons (Fsp3) is 0.353. The minimum atomic E-state index is -1.06. The van der Waals surface area contributed by atoms with Crippen molar-refractivity contribution in [2.45, 2.75) is 64.1 Å². The van der Waals surface area contributed by atoms with Crippen LogP contribution in [0.15, 0.2) is 84.9 Å². The van der Waals surface area contributed by atoms with Gasteiger partial charge in [0.05, 0.1) is 32.1 Å². The van der Waals surface area contributed by atoms with E-state index in [4.69, 9.17) is 15.6 Å². The number of aliphatic hydroxyl groups is 1. The SMILES string of the molecule is COc1ccccc1CC(=O)NC(C(=O)NC(Cc1ccccc1)C(O)CCC(=O)O)C(C)C.NC(=O)Cc1ccccc1. The second-order valence-electron chi connectivity index (χ2n) is 10.7. The van der Waals surface area contributed by atoms with Gasteiger partial charge in [-0.25, -0.2) is 0 Å². The minimum absolute atomic E-state index is 0.000377. The molecule has 0 aliphatic carbocycles. The van der Waals surface area contributed by atoms with E-state index in [0.29, 0.717) is 24.2 Å². The lowest BCUT2D eigenvalue weighted by molar-refractivity contribution is -0.137. The molecule has 0 aliphatic heterocycles. The first-order valence-corrected chi connectivity index (χ1v) is 14.5. The number of hydrogen-bond acceptors (Lipinski definition) is 6. The first kappa shape index (κ1) is 35.5. The number of benzene rings is 3. The van der Waals surface area contributed by atoms with Gasteiger partial charge in [-0.2, -0.15) is 0 Å². The summed E-state index contributed by atoms with van der Waals surface area (Å²) in [5.74, 6) is -1.69. The molecular weight excluding hydrogens is 562 g/mol. The maximum Gasteiger partial charge on any atom is 0.303 e. The number of carbonyl (C=O) groups is 4. The Morgan fingerprint density at radius 3 is 1.93 bits per heavy atom. The van der Waals surface area contributed by atoms with Crippen molar-refractivity contribution in [3.05, 3.63) is 102 Å². The van der Waals surface area contributed by atoms with Crippen LogP contribution in [0.4, 0.5) is 0 Å². The zero-order valence-corrected chi connectivity index (χ0v) is 25.4. The second kappa shape index (κ2) is 18.8. The number of primary amides is 1. The van der Waals surface area contributed by atoms with E-state index in [0.717, 1.165) is 11.1 Å². The van der Waals surface area contributed by atoms with Crippen molar-refractivity contribution < 1.29 is 34.1 Å². The van der Waals surface area contributed by atoms with E-state index >= 15 is 0 Å². The maximum atomic E-state index is 13.2. The van der Waals surface area contributed by atoms with Crippen LogP contribution in [0, 0.1) is 5.92 Å². The zero-order valence-electron chi connectivity index (χ0n) is 25.4. The standard InChI is InChI=1S/C26H34N2O6.C8H9NO/c1-17(2)25(28-23(30)16-19-11-7-8-12-22(19)34-3)26(33)27-20(21(29)13-14-24(31)32)15-18-9-5-4-6-10-18;9-8(10)6-7-4-2-1-3-5-7/h4-12,17,20-21,25,29H,13-16H2,1-3H3,(H,27,33)(H,28,30)(H,31,32);1-5H,6H2,(H2,9,10). The first-order chi connectivity index (χ1) is 21.0. The van der Waals surface area contributed by atoms with Crippen LogP contribution in [0.3, 0.4) is 0 Å². The van der Waals surface area contributed by atoms with Crippen LogP contribution >= 0.6 is 0 Å². The highest BCUT2D eigenvalue weighted by Crippen LogP contribution is 2.18. The molecule has 3 unspecified atom stereocenters. The van der Waals surface area contributed by atoms with E-state index < -0.39 is 30.1 Å². The van der Waals surface area contributed by atoms with Gasteiger partial charge in [-0.05, 0) is 36.0 Å². The fourth-order valence-corrected chi connectivity index (χ4v) is 4.47. The quantitative estimate of drug-likeness (QED) is 0.177. The number of hydrogen-bond donors (Lipinski definition) is 5. The van der Waals surface area contributed by atoms with Gasteiger partial charge in [-0.15, -0.1) is 0 Å². The predicted octanol–water partition coefficient (Wildman–Crippen LogP) is 3.05. The molecule has 0 saturated carbocycles. The van der Waals surface area contributed by atoms with Crippen LogP contribution in [-0.4, -0.2) is 59.2 Å². The summed E-state index contributed by atoms with van der Waals surface area (Å²) in [5, 5.41) is 25.3. The second-order valence-corrected chi connectivity index (χ2v) is 10.7. The molecule has 6 N–H and O–H groups in total. The van der Waals surface area contributed by atoms with E-state index in [1.54, 1.807) is 12.1 Å². The third kappa shape index (κ3) is 13.1. The van der Waals surface area contributed by atoms with Crippen molar-refractivity contribution >= 4 is 23.7 Å². The molecule has 3 rings (SSSR count). The summed E-state index contributed by atoms with van der Waals surface area (Å²) in [5.41, 5.74) is 7.55. The third-order valence-electron chi connectivity index (χ3n) is 6.77. The van der Waals surface area contributed by atoms with Crippen molar-refractivity contribution in [1.29, 1.82) is 0 Å². The highest BCUT2D eigenvalue weighted by Gasteiger charge is 2.29. The Morgan fingerprint density at radius 1 is 0.818 bits per heavy atom. The van der Waals surface area contributed by atoms with E-state index in [2.05, 4.69) is 10.6 Å². The van der Waals surface area contributed by atoms with Crippen LogP contribution in [0.2, 0.25) is 0 Å². The highest BCUT2D eigenvalue weighted by molar-refractivity contribution is 5.89. The molecule has 3 atom stereocenters. The Balaban J connectivity index is 0.000000569. The lowest BCUT2D eigenvalue weighted by atomic mass is 9.96. The topological polar surface area (TPSA) is 168 Å². The summed E-state index contributed by atoms with van der Waals surface area (Å²) in [6.07, 6.45) is -0.563. The summed E-state index contributed by atoms with van der Waals surface area (Å²) < 4.78 is 5.29. The van der Waals surface area contributed by atoms with Crippen LogP contribution in [0.1, 0.15) is 43.4 Å². The molecule has 0 saturated heterocycles. The smallest absolute Gasteiger partial charge is 0.303 e. The van der Waals surface area contributed by atoms with Gasteiger partial charge >= 0.3 is 5.97 Å². The molecule has 3 amide bonds. The van der Waals surface area contributed by atoms with Gasteiger partial charge in [-0.1, -0.05) is 92.7 Å². The molecular formula is C34H43N3O7. The van der Waals surface area contributed by atoms with Crippen molar-refractivity contribution in [2.75, 3.05) is 7.11 Å². The third-order valence-corrected chi connectivity index (χ3v) is 6.77. The van der Waals surface area contributed by atoms with Gasteiger partial charge in [0.2, 0.25) is 17.7 Å². The highest BCUT2D eigenvalue weighted by atomic mass is 16.5. The van der Waals surface area contributed by atoms with E-state index in [1.807, 2.05) is 86.6 Å². The molecule has 10 nitrogen and oxygen atoms in total. The molecule has 3 aromatic carbocycles. The molecule has 44 heavy (non-hydrogen) atoms. The molecule has 0 aliphatic rings. The molecule has 0 fully saturated rings. The molecule has 10 heteroatoms. The monoisotopic (exact) mass is 605 g/mol.